The molecule has 5 heteroatoms. The Balaban J connectivity index is 1.63. The van der Waals surface area contributed by atoms with Gasteiger partial charge in [-0.3, -0.25) is 4.79 Å². The van der Waals surface area contributed by atoms with Gasteiger partial charge in [-0.2, -0.15) is 5.26 Å². The third-order valence-corrected chi connectivity index (χ3v) is 5.70. The Hall–Kier alpha value is -3.65. The number of anilines is 1. The molecular formula is C26H26N4O. The van der Waals surface area contributed by atoms with E-state index in [2.05, 4.69) is 24.8 Å². The molecule has 1 aliphatic rings. The molecule has 0 radical (unpaired) electrons. The van der Waals surface area contributed by atoms with Crippen LogP contribution in [0.3, 0.4) is 0 Å². The summed E-state index contributed by atoms with van der Waals surface area (Å²) in [5.74, 6) is 1.02. The van der Waals surface area contributed by atoms with Gasteiger partial charge in [-0.15, -0.1) is 0 Å². The zero-order chi connectivity index (χ0) is 21.8. The van der Waals surface area contributed by atoms with Gasteiger partial charge in [0.2, 0.25) is 0 Å². The third-order valence-electron chi connectivity index (χ3n) is 5.70. The summed E-state index contributed by atoms with van der Waals surface area (Å²) in [6.45, 7) is 6.73. The summed E-state index contributed by atoms with van der Waals surface area (Å²) in [6.07, 6.45) is 0. The van der Waals surface area contributed by atoms with E-state index in [4.69, 9.17) is 4.98 Å². The van der Waals surface area contributed by atoms with E-state index in [1.165, 1.54) is 0 Å². The largest absolute Gasteiger partial charge is 0.352 e. The van der Waals surface area contributed by atoms with Crippen LogP contribution in [0, 0.1) is 11.3 Å². The molecule has 0 unspecified atom stereocenters. The van der Waals surface area contributed by atoms with Gasteiger partial charge in [0, 0.05) is 43.0 Å². The first kappa shape index (κ1) is 20.6. The number of piperazine rings is 1. The van der Waals surface area contributed by atoms with Gasteiger partial charge in [0.05, 0.1) is 0 Å². The minimum atomic E-state index is 0.0506. The van der Waals surface area contributed by atoms with Crippen molar-refractivity contribution in [1.82, 2.24) is 9.88 Å². The summed E-state index contributed by atoms with van der Waals surface area (Å²) < 4.78 is 0. The lowest BCUT2D eigenvalue weighted by molar-refractivity contribution is 0.0746. The number of amides is 1. The summed E-state index contributed by atoms with van der Waals surface area (Å²) in [4.78, 5) is 21.7. The van der Waals surface area contributed by atoms with Crippen LogP contribution in [-0.4, -0.2) is 42.0 Å². The van der Waals surface area contributed by atoms with Crippen LogP contribution >= 0.6 is 0 Å². The highest BCUT2D eigenvalue weighted by Crippen LogP contribution is 2.33. The molecule has 0 N–H and O–H groups in total. The number of pyridine rings is 1. The highest BCUT2D eigenvalue weighted by molar-refractivity contribution is 5.94. The summed E-state index contributed by atoms with van der Waals surface area (Å²) in [6, 6.07) is 23.8. The summed E-state index contributed by atoms with van der Waals surface area (Å²) in [7, 11) is 0. The molecule has 1 aliphatic heterocycles. The quantitative estimate of drug-likeness (QED) is 0.625. The maximum atomic E-state index is 12.8. The van der Waals surface area contributed by atoms with Crippen molar-refractivity contribution in [3.8, 4) is 17.2 Å². The predicted molar refractivity (Wildman–Crippen MR) is 123 cm³/mol. The zero-order valence-corrected chi connectivity index (χ0v) is 18.0. The zero-order valence-electron chi connectivity index (χ0n) is 18.0. The molecule has 1 amide bonds. The molecule has 1 saturated heterocycles. The minimum absolute atomic E-state index is 0.0506. The van der Waals surface area contributed by atoms with E-state index < -0.39 is 0 Å². The van der Waals surface area contributed by atoms with Gasteiger partial charge in [0.15, 0.2) is 0 Å². The van der Waals surface area contributed by atoms with Crippen LogP contribution in [0.1, 0.15) is 41.4 Å². The number of nitriles is 1. The normalized spacial score (nSPS) is 13.9. The van der Waals surface area contributed by atoms with Gasteiger partial charge in [0.1, 0.15) is 17.5 Å². The van der Waals surface area contributed by atoms with Crippen molar-refractivity contribution >= 4 is 11.7 Å². The van der Waals surface area contributed by atoms with E-state index >= 15 is 0 Å². The number of hydrogen-bond acceptors (Lipinski definition) is 4. The lowest BCUT2D eigenvalue weighted by atomic mass is 9.97. The van der Waals surface area contributed by atoms with E-state index in [1.807, 2.05) is 71.6 Å². The number of carbonyl (C=O) groups excluding carboxylic acids is 1. The van der Waals surface area contributed by atoms with Gasteiger partial charge in [-0.1, -0.05) is 62.4 Å². The topological polar surface area (TPSA) is 60.2 Å². The van der Waals surface area contributed by atoms with Crippen LogP contribution in [0.2, 0.25) is 0 Å². The summed E-state index contributed by atoms with van der Waals surface area (Å²) >= 11 is 0. The Morgan fingerprint density at radius 3 is 2.16 bits per heavy atom. The van der Waals surface area contributed by atoms with Crippen molar-refractivity contribution in [2.24, 2.45) is 0 Å². The van der Waals surface area contributed by atoms with Gasteiger partial charge < -0.3 is 9.80 Å². The molecule has 31 heavy (non-hydrogen) atoms. The average molecular weight is 411 g/mol. The maximum Gasteiger partial charge on any atom is 0.253 e. The van der Waals surface area contributed by atoms with Crippen molar-refractivity contribution in [1.29, 1.82) is 5.26 Å². The Morgan fingerprint density at radius 2 is 1.58 bits per heavy atom. The van der Waals surface area contributed by atoms with Crippen LogP contribution in [0.4, 0.5) is 5.82 Å². The van der Waals surface area contributed by atoms with Crippen molar-refractivity contribution in [2.75, 3.05) is 31.1 Å². The number of nitrogens with zero attached hydrogens (tertiary/aromatic N) is 4. The van der Waals surface area contributed by atoms with Crippen LogP contribution in [0.25, 0.3) is 11.1 Å². The van der Waals surface area contributed by atoms with Crippen molar-refractivity contribution < 1.29 is 4.79 Å². The molecule has 0 bridgehead atoms. The molecule has 0 spiro atoms. The molecule has 1 fully saturated rings. The van der Waals surface area contributed by atoms with Crippen LogP contribution in [-0.2, 0) is 0 Å². The minimum Gasteiger partial charge on any atom is -0.352 e. The van der Waals surface area contributed by atoms with Crippen molar-refractivity contribution in [3.63, 3.8) is 0 Å². The number of aromatic nitrogens is 1. The molecule has 4 rings (SSSR count). The van der Waals surface area contributed by atoms with E-state index in [1.54, 1.807) is 0 Å². The number of benzene rings is 2. The van der Waals surface area contributed by atoms with Crippen LogP contribution in [0.15, 0.2) is 66.7 Å². The molecule has 0 aliphatic carbocycles. The molecule has 2 aromatic carbocycles. The highest BCUT2D eigenvalue weighted by Gasteiger charge is 2.26. The smallest absolute Gasteiger partial charge is 0.253 e. The second-order valence-electron chi connectivity index (χ2n) is 8.07. The fourth-order valence-corrected chi connectivity index (χ4v) is 3.92. The Labute approximate surface area is 183 Å². The Kier molecular flexibility index (Phi) is 5.99. The summed E-state index contributed by atoms with van der Waals surface area (Å²) in [5.41, 5.74) is 4.20. The van der Waals surface area contributed by atoms with Crippen molar-refractivity contribution in [2.45, 2.75) is 19.8 Å². The molecular weight excluding hydrogens is 384 g/mol. The van der Waals surface area contributed by atoms with Gasteiger partial charge in [-0.05, 0) is 29.7 Å². The van der Waals surface area contributed by atoms with E-state index in [0.29, 0.717) is 37.3 Å². The first-order valence-electron chi connectivity index (χ1n) is 10.7. The number of carbonyl (C=O) groups is 1. The molecule has 3 aromatic rings. The van der Waals surface area contributed by atoms with E-state index in [-0.39, 0.29) is 11.8 Å². The molecule has 0 atom stereocenters. The highest BCUT2D eigenvalue weighted by atomic mass is 16.2. The SMILES string of the molecule is CC(C)c1cc(-c2ccccc2)c(C#N)c(N2CCN(C(=O)c3ccccc3)CC2)n1. The fourth-order valence-electron chi connectivity index (χ4n) is 3.92. The second kappa shape index (κ2) is 9.01. The van der Waals surface area contributed by atoms with Crippen LogP contribution < -0.4 is 4.90 Å². The lowest BCUT2D eigenvalue weighted by Crippen LogP contribution is -2.49. The lowest BCUT2D eigenvalue weighted by Gasteiger charge is -2.36. The first-order valence-corrected chi connectivity index (χ1v) is 10.7. The molecule has 2 heterocycles. The monoisotopic (exact) mass is 410 g/mol. The average Bonchev–Trinajstić information content (AvgIpc) is 2.84. The van der Waals surface area contributed by atoms with Crippen LogP contribution in [0.5, 0.6) is 0 Å². The maximum absolute atomic E-state index is 12.8. The first-order chi connectivity index (χ1) is 15.1. The molecule has 1 aromatic heterocycles. The molecule has 5 nitrogen and oxygen atoms in total. The van der Waals surface area contributed by atoms with E-state index in [0.717, 1.165) is 22.6 Å². The molecule has 156 valence electrons. The van der Waals surface area contributed by atoms with E-state index in [9.17, 15) is 10.1 Å². The predicted octanol–water partition coefficient (Wildman–Crippen LogP) is 4.71. The Morgan fingerprint density at radius 1 is 0.968 bits per heavy atom. The van der Waals surface area contributed by atoms with Gasteiger partial charge >= 0.3 is 0 Å². The summed E-state index contributed by atoms with van der Waals surface area (Å²) in [5, 5.41) is 10.0. The number of hydrogen-bond donors (Lipinski definition) is 0. The standard InChI is InChI=1S/C26H26N4O/c1-19(2)24-17-22(20-9-5-3-6-10-20)23(18-27)25(28-24)29-13-15-30(16-14-29)26(31)21-11-7-4-8-12-21/h3-12,17,19H,13-16H2,1-2H3. The second-order valence-corrected chi connectivity index (χ2v) is 8.07. The Bertz CT molecular complexity index is 1100. The third kappa shape index (κ3) is 4.29. The molecule has 0 saturated carbocycles. The van der Waals surface area contributed by atoms with Gasteiger partial charge in [-0.25, -0.2) is 4.98 Å². The number of rotatable bonds is 4. The van der Waals surface area contributed by atoms with Crippen molar-refractivity contribution in [3.05, 3.63) is 83.6 Å². The van der Waals surface area contributed by atoms with Gasteiger partial charge in [0.25, 0.3) is 5.91 Å². The fraction of sp³-hybridized carbons (Fsp3) is 0.269.